The molecule has 0 aliphatic carbocycles. The summed E-state index contributed by atoms with van der Waals surface area (Å²) in [5, 5.41) is -0.00472. The summed E-state index contributed by atoms with van der Waals surface area (Å²) in [6.07, 6.45) is 0. The van der Waals surface area contributed by atoms with Crippen LogP contribution in [0.2, 0.25) is 0 Å². The molecule has 0 aromatic carbocycles. The highest BCUT2D eigenvalue weighted by molar-refractivity contribution is 8.23. The predicted octanol–water partition coefficient (Wildman–Crippen LogP) is 2.18. The van der Waals surface area contributed by atoms with Crippen molar-refractivity contribution in [3.8, 4) is 0 Å². The smallest absolute Gasteiger partial charge is 0.143 e. The Morgan fingerprint density at radius 3 is 2.08 bits per heavy atom. The first kappa shape index (κ1) is 12.9. The lowest BCUT2D eigenvalue weighted by molar-refractivity contribution is -0.117. The van der Waals surface area contributed by atoms with E-state index in [0.29, 0.717) is 5.92 Å². The summed E-state index contributed by atoms with van der Waals surface area (Å²) < 4.78 is 0.772. The van der Waals surface area contributed by atoms with E-state index < -0.39 is 0 Å². The van der Waals surface area contributed by atoms with Crippen molar-refractivity contribution in [3.05, 3.63) is 0 Å². The molecule has 0 aliphatic heterocycles. The van der Waals surface area contributed by atoms with Gasteiger partial charge in [-0.25, -0.2) is 0 Å². The van der Waals surface area contributed by atoms with Crippen molar-refractivity contribution in [1.29, 1.82) is 0 Å². The van der Waals surface area contributed by atoms with Gasteiger partial charge in [0.1, 0.15) is 10.1 Å². The van der Waals surface area contributed by atoms with Crippen LogP contribution >= 0.6 is 24.0 Å². The van der Waals surface area contributed by atoms with Crippen LogP contribution in [0.25, 0.3) is 0 Å². The number of rotatable bonds is 3. The molecule has 0 amide bonds. The maximum Gasteiger partial charge on any atom is 0.143 e. The maximum absolute atomic E-state index is 11.2. The fraction of sp³-hybridized carbons (Fsp3) is 0.778. The fourth-order valence-electron chi connectivity index (χ4n) is 0.903. The molecule has 0 saturated heterocycles. The molecular formula is C9H17NOS2. The summed E-state index contributed by atoms with van der Waals surface area (Å²) in [5.74, 6) is 0.532. The number of thiocarbonyl (C=S) groups is 1. The van der Waals surface area contributed by atoms with Gasteiger partial charge in [0.25, 0.3) is 0 Å². The molecule has 2 nitrogen and oxygen atoms in total. The Labute approximate surface area is 90.1 Å². The quantitative estimate of drug-likeness (QED) is 0.678. The van der Waals surface area contributed by atoms with E-state index >= 15 is 0 Å². The van der Waals surface area contributed by atoms with E-state index in [2.05, 4.69) is 0 Å². The van der Waals surface area contributed by atoms with Crippen molar-refractivity contribution in [1.82, 2.24) is 4.90 Å². The van der Waals surface area contributed by atoms with Gasteiger partial charge in [-0.15, -0.1) is 0 Å². The Balaban J connectivity index is 4.27. The molecule has 0 rings (SSSR count). The van der Waals surface area contributed by atoms with E-state index in [1.54, 1.807) is 6.92 Å². The average molecular weight is 219 g/mol. The largest absolute Gasteiger partial charge is 0.364 e. The van der Waals surface area contributed by atoms with Gasteiger partial charge in [0.2, 0.25) is 0 Å². The first-order valence-corrected chi connectivity index (χ1v) is 5.53. The van der Waals surface area contributed by atoms with Crippen LogP contribution in [-0.2, 0) is 4.79 Å². The molecule has 0 radical (unpaired) electrons. The van der Waals surface area contributed by atoms with Crippen molar-refractivity contribution in [3.63, 3.8) is 0 Å². The highest BCUT2D eigenvalue weighted by Gasteiger charge is 2.21. The molecule has 0 spiro atoms. The lowest BCUT2D eigenvalue weighted by Crippen LogP contribution is -2.26. The van der Waals surface area contributed by atoms with Gasteiger partial charge in [-0.1, -0.05) is 37.8 Å². The van der Waals surface area contributed by atoms with Crippen molar-refractivity contribution in [2.75, 3.05) is 14.1 Å². The lowest BCUT2D eigenvalue weighted by Gasteiger charge is -2.20. The minimum Gasteiger partial charge on any atom is -0.364 e. The molecule has 4 heteroatoms. The molecule has 76 valence electrons. The number of thioether (sulfide) groups is 1. The van der Waals surface area contributed by atoms with Gasteiger partial charge in [-0.05, 0) is 12.8 Å². The minimum atomic E-state index is -0.00472. The Hall–Kier alpha value is -0.0900. The van der Waals surface area contributed by atoms with Gasteiger partial charge in [0, 0.05) is 14.1 Å². The summed E-state index contributed by atoms with van der Waals surface area (Å²) >= 11 is 6.61. The van der Waals surface area contributed by atoms with Gasteiger partial charge >= 0.3 is 0 Å². The number of Topliss-reactive ketones (excluding diaryl/α,β-unsaturated/α-hetero) is 1. The molecule has 1 unspecified atom stereocenters. The van der Waals surface area contributed by atoms with Crippen molar-refractivity contribution in [2.24, 2.45) is 5.92 Å². The molecule has 0 aliphatic rings. The third-order valence-corrected chi connectivity index (χ3v) is 3.95. The molecule has 0 fully saturated rings. The summed E-state index contributed by atoms with van der Waals surface area (Å²) in [4.78, 5) is 13.1. The fourth-order valence-corrected chi connectivity index (χ4v) is 2.08. The van der Waals surface area contributed by atoms with Crippen LogP contribution in [0.1, 0.15) is 20.8 Å². The van der Waals surface area contributed by atoms with E-state index in [1.807, 2.05) is 32.8 Å². The summed E-state index contributed by atoms with van der Waals surface area (Å²) in [5.41, 5.74) is 0. The average Bonchev–Trinajstić information content (AvgIpc) is 1.97. The van der Waals surface area contributed by atoms with E-state index in [9.17, 15) is 4.79 Å². The zero-order chi connectivity index (χ0) is 10.6. The zero-order valence-corrected chi connectivity index (χ0v) is 10.5. The van der Waals surface area contributed by atoms with Gasteiger partial charge in [-0.2, -0.15) is 0 Å². The zero-order valence-electron chi connectivity index (χ0n) is 8.83. The summed E-state index contributed by atoms with van der Waals surface area (Å²) in [7, 11) is 3.79. The van der Waals surface area contributed by atoms with Crippen LogP contribution in [0.5, 0.6) is 0 Å². The molecule has 0 aromatic rings. The van der Waals surface area contributed by atoms with Gasteiger partial charge in [0.15, 0.2) is 0 Å². The number of ketones is 1. The second-order valence-electron chi connectivity index (χ2n) is 3.55. The molecule has 0 aromatic heterocycles. The second kappa shape index (κ2) is 5.60. The topological polar surface area (TPSA) is 20.3 Å². The molecule has 0 saturated carbocycles. The number of hydrogen-bond acceptors (Lipinski definition) is 3. The van der Waals surface area contributed by atoms with Crippen LogP contribution < -0.4 is 0 Å². The maximum atomic E-state index is 11.2. The summed E-state index contributed by atoms with van der Waals surface area (Å²) in [6.45, 7) is 5.70. The van der Waals surface area contributed by atoms with Crippen LogP contribution in [0.15, 0.2) is 0 Å². The second-order valence-corrected chi connectivity index (χ2v) is 5.33. The van der Waals surface area contributed by atoms with Crippen molar-refractivity contribution >= 4 is 34.1 Å². The Bertz CT molecular complexity index is 202. The molecule has 13 heavy (non-hydrogen) atoms. The monoisotopic (exact) mass is 219 g/mol. The van der Waals surface area contributed by atoms with Gasteiger partial charge in [-0.3, -0.25) is 4.79 Å². The van der Waals surface area contributed by atoms with Crippen LogP contribution in [0.4, 0.5) is 0 Å². The number of hydrogen-bond donors (Lipinski definition) is 0. The Morgan fingerprint density at radius 1 is 1.38 bits per heavy atom. The van der Waals surface area contributed by atoms with Gasteiger partial charge < -0.3 is 4.90 Å². The number of carbonyl (C=O) groups excluding carboxylic acids is 1. The van der Waals surface area contributed by atoms with Crippen molar-refractivity contribution in [2.45, 2.75) is 26.0 Å². The molecule has 0 N–H and O–H groups in total. The highest BCUT2D eigenvalue weighted by atomic mass is 32.2. The van der Waals surface area contributed by atoms with Crippen LogP contribution in [0, 0.1) is 5.92 Å². The third kappa shape index (κ3) is 4.62. The van der Waals surface area contributed by atoms with Crippen LogP contribution in [0.3, 0.4) is 0 Å². The Kier molecular flexibility index (Phi) is 5.56. The SMILES string of the molecule is CC(=O)C(SC(=S)N(C)C)C(C)C. The minimum absolute atomic E-state index is 0.00472. The lowest BCUT2D eigenvalue weighted by atomic mass is 10.1. The predicted molar refractivity (Wildman–Crippen MR) is 63.2 cm³/mol. The van der Waals surface area contributed by atoms with Crippen LogP contribution in [-0.4, -0.2) is 34.3 Å². The van der Waals surface area contributed by atoms with E-state index in [1.165, 1.54) is 11.8 Å². The first-order valence-electron chi connectivity index (χ1n) is 4.24. The third-order valence-electron chi connectivity index (χ3n) is 1.60. The molecule has 0 bridgehead atoms. The van der Waals surface area contributed by atoms with E-state index in [0.717, 1.165) is 4.32 Å². The number of nitrogens with zero attached hydrogens (tertiary/aromatic N) is 1. The van der Waals surface area contributed by atoms with Gasteiger partial charge in [0.05, 0.1) is 5.25 Å². The normalized spacial score (nSPS) is 12.8. The Morgan fingerprint density at radius 2 is 1.85 bits per heavy atom. The first-order chi connectivity index (χ1) is 5.86. The molecule has 0 heterocycles. The molecular weight excluding hydrogens is 202 g/mol. The highest BCUT2D eigenvalue weighted by Crippen LogP contribution is 2.22. The van der Waals surface area contributed by atoms with E-state index in [-0.39, 0.29) is 11.0 Å². The van der Waals surface area contributed by atoms with E-state index in [4.69, 9.17) is 12.2 Å². The van der Waals surface area contributed by atoms with Crippen molar-refractivity contribution < 1.29 is 4.79 Å². The molecule has 1 atom stereocenters. The summed E-state index contributed by atoms with van der Waals surface area (Å²) in [6, 6.07) is 0. The number of carbonyl (C=O) groups is 1. The standard InChI is InChI=1S/C9H17NOS2/c1-6(2)8(7(3)11)13-9(12)10(4)5/h6,8H,1-5H3.